The number of nitrogens with zero attached hydrogens (tertiary/aromatic N) is 2. The molecule has 0 unspecified atom stereocenters. The van der Waals surface area contributed by atoms with Crippen LogP contribution >= 0.6 is 11.6 Å². The summed E-state index contributed by atoms with van der Waals surface area (Å²) in [6.45, 7) is 1.57. The van der Waals surface area contributed by atoms with Gasteiger partial charge in [-0.05, 0) is 31.0 Å². The van der Waals surface area contributed by atoms with Gasteiger partial charge in [0.2, 0.25) is 0 Å². The Morgan fingerprint density at radius 3 is 2.71 bits per heavy atom. The molecule has 2 aromatic carbocycles. The topological polar surface area (TPSA) is 27.1 Å². The number of halogens is 1. The normalized spacial score (nSPS) is 10.9. The first-order valence-electron chi connectivity index (χ1n) is 7.12. The number of hydrogen-bond acceptors (Lipinski definition) is 2. The number of rotatable bonds is 6. The van der Waals surface area contributed by atoms with Crippen molar-refractivity contribution in [3.8, 4) is 5.75 Å². The van der Waals surface area contributed by atoms with Crippen molar-refractivity contribution in [2.24, 2.45) is 0 Å². The van der Waals surface area contributed by atoms with E-state index in [1.807, 2.05) is 47.3 Å². The highest BCUT2D eigenvalue weighted by atomic mass is 35.5. The Balaban J connectivity index is 1.47. The van der Waals surface area contributed by atoms with Gasteiger partial charge in [-0.1, -0.05) is 41.9 Å². The first-order chi connectivity index (χ1) is 10.3. The third-order valence-corrected chi connectivity index (χ3v) is 3.72. The smallest absolute Gasteiger partial charge is 0.137 e. The Hall–Kier alpha value is -2.00. The molecule has 108 valence electrons. The predicted molar refractivity (Wildman–Crippen MR) is 85.9 cm³/mol. The fraction of sp³-hybridized carbons (Fsp3) is 0.235. The van der Waals surface area contributed by atoms with Crippen LogP contribution < -0.4 is 4.74 Å². The molecule has 0 spiro atoms. The third-order valence-electron chi connectivity index (χ3n) is 3.41. The minimum atomic E-state index is 0.663. The highest BCUT2D eigenvalue weighted by Crippen LogP contribution is 2.23. The van der Waals surface area contributed by atoms with Crippen molar-refractivity contribution in [2.45, 2.75) is 19.4 Å². The Labute approximate surface area is 129 Å². The summed E-state index contributed by atoms with van der Waals surface area (Å²) in [7, 11) is 0. The van der Waals surface area contributed by atoms with Crippen LogP contribution in [-0.2, 0) is 6.54 Å². The van der Waals surface area contributed by atoms with Crippen molar-refractivity contribution in [3.63, 3.8) is 0 Å². The molecule has 3 nitrogen and oxygen atoms in total. The van der Waals surface area contributed by atoms with Crippen LogP contribution in [0.4, 0.5) is 0 Å². The van der Waals surface area contributed by atoms with Gasteiger partial charge < -0.3 is 4.74 Å². The van der Waals surface area contributed by atoms with E-state index in [0.717, 1.165) is 25.1 Å². The average Bonchev–Trinajstić information content (AvgIpc) is 2.92. The highest BCUT2D eigenvalue weighted by Gasteiger charge is 2.02. The maximum absolute atomic E-state index is 6.04. The van der Waals surface area contributed by atoms with E-state index in [-0.39, 0.29) is 0 Å². The SMILES string of the molecule is Clc1ccccc1OCCCCn1ncc2ccccc21. The Morgan fingerprint density at radius 2 is 1.81 bits per heavy atom. The second kappa shape index (κ2) is 6.64. The van der Waals surface area contributed by atoms with Crippen molar-refractivity contribution < 1.29 is 4.74 Å². The van der Waals surface area contributed by atoms with Gasteiger partial charge in [0.15, 0.2) is 0 Å². The largest absolute Gasteiger partial charge is 0.492 e. The summed E-state index contributed by atoms with van der Waals surface area (Å²) >= 11 is 6.04. The van der Waals surface area contributed by atoms with E-state index >= 15 is 0 Å². The van der Waals surface area contributed by atoms with Gasteiger partial charge in [-0.25, -0.2) is 0 Å². The van der Waals surface area contributed by atoms with Crippen molar-refractivity contribution in [3.05, 3.63) is 59.8 Å². The average molecular weight is 301 g/mol. The van der Waals surface area contributed by atoms with E-state index in [4.69, 9.17) is 16.3 Å². The van der Waals surface area contributed by atoms with E-state index in [0.29, 0.717) is 11.6 Å². The first kappa shape index (κ1) is 14.0. The summed E-state index contributed by atoms with van der Waals surface area (Å²) in [5.41, 5.74) is 1.18. The second-order valence-corrected chi connectivity index (χ2v) is 5.32. The molecule has 0 bridgehead atoms. The molecule has 0 fully saturated rings. The molecule has 3 rings (SSSR count). The molecule has 0 amide bonds. The van der Waals surface area contributed by atoms with Gasteiger partial charge in [-0.15, -0.1) is 0 Å². The standard InChI is InChI=1S/C17H17ClN2O/c18-15-8-2-4-10-17(15)21-12-6-5-11-20-16-9-3-1-7-14(16)13-19-20/h1-4,7-10,13H,5-6,11-12H2. The van der Waals surface area contributed by atoms with E-state index in [1.165, 1.54) is 10.9 Å². The molecule has 1 aromatic heterocycles. The molecule has 0 aliphatic carbocycles. The zero-order chi connectivity index (χ0) is 14.5. The first-order valence-corrected chi connectivity index (χ1v) is 7.50. The van der Waals surface area contributed by atoms with E-state index in [2.05, 4.69) is 17.2 Å². The zero-order valence-electron chi connectivity index (χ0n) is 11.7. The third kappa shape index (κ3) is 3.37. The number of aromatic nitrogens is 2. The number of hydrogen-bond donors (Lipinski definition) is 0. The molecule has 4 heteroatoms. The van der Waals surface area contributed by atoms with Crippen LogP contribution in [0.3, 0.4) is 0 Å². The molecule has 0 aliphatic rings. The van der Waals surface area contributed by atoms with Crippen LogP contribution in [0.15, 0.2) is 54.7 Å². The van der Waals surface area contributed by atoms with E-state index in [9.17, 15) is 0 Å². The lowest BCUT2D eigenvalue weighted by molar-refractivity contribution is 0.302. The number of para-hydroxylation sites is 2. The monoisotopic (exact) mass is 300 g/mol. The molecule has 0 aliphatic heterocycles. The van der Waals surface area contributed by atoms with Crippen LogP contribution in [0.2, 0.25) is 5.02 Å². The number of aryl methyl sites for hydroxylation is 1. The molecule has 0 saturated heterocycles. The second-order valence-electron chi connectivity index (χ2n) is 4.91. The van der Waals surface area contributed by atoms with Gasteiger partial charge in [0.05, 0.1) is 23.3 Å². The van der Waals surface area contributed by atoms with Crippen molar-refractivity contribution >= 4 is 22.5 Å². The van der Waals surface area contributed by atoms with Gasteiger partial charge in [0.25, 0.3) is 0 Å². The molecule has 21 heavy (non-hydrogen) atoms. The Morgan fingerprint density at radius 1 is 1.00 bits per heavy atom. The van der Waals surface area contributed by atoms with Crippen LogP contribution in [0.5, 0.6) is 5.75 Å². The summed E-state index contributed by atoms with van der Waals surface area (Å²) in [6, 6.07) is 15.8. The minimum absolute atomic E-state index is 0.663. The molecule has 0 N–H and O–H groups in total. The Bertz CT molecular complexity index is 723. The van der Waals surface area contributed by atoms with Crippen LogP contribution in [0.25, 0.3) is 10.9 Å². The molecular formula is C17H17ClN2O. The van der Waals surface area contributed by atoms with Crippen molar-refractivity contribution in [1.82, 2.24) is 9.78 Å². The molecular weight excluding hydrogens is 284 g/mol. The number of fused-ring (bicyclic) bond motifs is 1. The van der Waals surface area contributed by atoms with E-state index in [1.54, 1.807) is 0 Å². The zero-order valence-corrected chi connectivity index (χ0v) is 12.5. The lowest BCUT2D eigenvalue weighted by Crippen LogP contribution is -2.03. The number of unbranched alkanes of at least 4 members (excludes halogenated alkanes) is 1. The minimum Gasteiger partial charge on any atom is -0.492 e. The summed E-state index contributed by atoms with van der Waals surface area (Å²) < 4.78 is 7.73. The summed E-state index contributed by atoms with van der Waals surface area (Å²) in [5, 5.41) is 6.27. The van der Waals surface area contributed by atoms with Gasteiger partial charge in [0, 0.05) is 11.9 Å². The van der Waals surface area contributed by atoms with Crippen molar-refractivity contribution in [1.29, 1.82) is 0 Å². The van der Waals surface area contributed by atoms with Gasteiger partial charge in [0.1, 0.15) is 5.75 Å². The summed E-state index contributed by atoms with van der Waals surface area (Å²) in [6.07, 6.45) is 3.91. The number of benzene rings is 2. The van der Waals surface area contributed by atoms with Gasteiger partial charge >= 0.3 is 0 Å². The van der Waals surface area contributed by atoms with Crippen LogP contribution in [-0.4, -0.2) is 16.4 Å². The molecule has 0 radical (unpaired) electrons. The van der Waals surface area contributed by atoms with Gasteiger partial charge in [-0.2, -0.15) is 5.10 Å². The molecule has 1 heterocycles. The van der Waals surface area contributed by atoms with Crippen LogP contribution in [0.1, 0.15) is 12.8 Å². The fourth-order valence-corrected chi connectivity index (χ4v) is 2.50. The Kier molecular flexibility index (Phi) is 4.41. The summed E-state index contributed by atoms with van der Waals surface area (Å²) in [5.74, 6) is 0.753. The summed E-state index contributed by atoms with van der Waals surface area (Å²) in [4.78, 5) is 0. The number of ether oxygens (including phenoxy) is 1. The fourth-order valence-electron chi connectivity index (χ4n) is 2.31. The van der Waals surface area contributed by atoms with Crippen LogP contribution in [0, 0.1) is 0 Å². The molecule has 0 atom stereocenters. The maximum Gasteiger partial charge on any atom is 0.137 e. The van der Waals surface area contributed by atoms with Gasteiger partial charge in [-0.3, -0.25) is 4.68 Å². The highest BCUT2D eigenvalue weighted by molar-refractivity contribution is 6.32. The van der Waals surface area contributed by atoms with Crippen molar-refractivity contribution in [2.75, 3.05) is 6.61 Å². The molecule has 0 saturated carbocycles. The lowest BCUT2D eigenvalue weighted by Gasteiger charge is -2.08. The van der Waals surface area contributed by atoms with E-state index < -0.39 is 0 Å². The quantitative estimate of drug-likeness (QED) is 0.625. The predicted octanol–water partition coefficient (Wildman–Crippen LogP) is 4.55. The molecule has 3 aromatic rings. The lowest BCUT2D eigenvalue weighted by atomic mass is 10.2. The maximum atomic E-state index is 6.04.